The minimum atomic E-state index is -0.493. The minimum absolute atomic E-state index is 0.256. The lowest BCUT2D eigenvalue weighted by Gasteiger charge is -2.13. The second kappa shape index (κ2) is 7.24. The van der Waals surface area contributed by atoms with E-state index >= 15 is 0 Å². The molecule has 0 aliphatic heterocycles. The van der Waals surface area contributed by atoms with Gasteiger partial charge >= 0.3 is 6.03 Å². The van der Waals surface area contributed by atoms with Crippen molar-refractivity contribution >= 4 is 23.3 Å². The Labute approximate surface area is 112 Å². The molecule has 18 heavy (non-hydrogen) atoms. The van der Waals surface area contributed by atoms with Crippen molar-refractivity contribution in [1.29, 1.82) is 0 Å². The molecule has 0 aromatic heterocycles. The summed E-state index contributed by atoms with van der Waals surface area (Å²) < 4.78 is 0. The third kappa shape index (κ3) is 4.94. The lowest BCUT2D eigenvalue weighted by Crippen LogP contribution is -2.35. The zero-order chi connectivity index (χ0) is 13.5. The van der Waals surface area contributed by atoms with Gasteiger partial charge in [-0.15, -0.1) is 0 Å². The van der Waals surface area contributed by atoms with Crippen LogP contribution in [0.15, 0.2) is 18.2 Å². The largest absolute Gasteiger partial charge is 0.391 e. The lowest BCUT2D eigenvalue weighted by molar-refractivity contribution is 0.162. The molecular weight excluding hydrogens is 252 g/mol. The number of aryl methyl sites for hydroxylation is 1. The molecule has 0 radical (unpaired) electrons. The van der Waals surface area contributed by atoms with Gasteiger partial charge in [-0.2, -0.15) is 0 Å². The number of hydrogen-bond acceptors (Lipinski definition) is 2. The van der Waals surface area contributed by atoms with E-state index in [1.807, 2.05) is 13.8 Å². The maximum atomic E-state index is 11.6. The Kier molecular flexibility index (Phi) is 5.95. The van der Waals surface area contributed by atoms with Crippen molar-refractivity contribution in [2.75, 3.05) is 11.9 Å². The lowest BCUT2D eigenvalue weighted by atomic mass is 10.2. The topological polar surface area (TPSA) is 61.4 Å². The number of amides is 2. The monoisotopic (exact) mass is 270 g/mol. The number of carbonyl (C=O) groups excluding carboxylic acids is 1. The molecular formula is C13H19ClN2O2. The second-order valence-corrected chi connectivity index (χ2v) is 4.67. The van der Waals surface area contributed by atoms with Crippen LogP contribution >= 0.6 is 11.6 Å². The zero-order valence-electron chi connectivity index (χ0n) is 10.7. The highest BCUT2D eigenvalue weighted by Gasteiger charge is 2.07. The number of benzene rings is 1. The first-order chi connectivity index (χ1) is 8.52. The van der Waals surface area contributed by atoms with Gasteiger partial charge in [0.2, 0.25) is 0 Å². The van der Waals surface area contributed by atoms with Gasteiger partial charge in [0.1, 0.15) is 0 Å². The van der Waals surface area contributed by atoms with Crippen molar-refractivity contribution in [1.82, 2.24) is 5.32 Å². The fraction of sp³-hybridized carbons (Fsp3) is 0.462. The van der Waals surface area contributed by atoms with Gasteiger partial charge in [0.05, 0.1) is 6.10 Å². The van der Waals surface area contributed by atoms with E-state index in [2.05, 4.69) is 10.6 Å². The van der Waals surface area contributed by atoms with Crippen molar-refractivity contribution in [3.63, 3.8) is 0 Å². The average Bonchev–Trinajstić information content (AvgIpc) is 2.31. The van der Waals surface area contributed by atoms with E-state index in [1.165, 1.54) is 0 Å². The number of aliphatic hydroxyl groups excluding tert-OH is 1. The first-order valence-electron chi connectivity index (χ1n) is 6.02. The second-order valence-electron chi connectivity index (χ2n) is 4.24. The number of carbonyl (C=O) groups is 1. The smallest absolute Gasteiger partial charge is 0.319 e. The highest BCUT2D eigenvalue weighted by molar-refractivity contribution is 6.30. The molecule has 3 N–H and O–H groups in total. The van der Waals surface area contributed by atoms with E-state index in [1.54, 1.807) is 18.2 Å². The van der Waals surface area contributed by atoms with E-state index in [4.69, 9.17) is 11.6 Å². The Morgan fingerprint density at radius 3 is 2.83 bits per heavy atom. The molecule has 0 heterocycles. The van der Waals surface area contributed by atoms with Gasteiger partial charge in [-0.05, 0) is 37.1 Å². The number of urea groups is 1. The standard InChI is InChI=1S/C13H19ClN2O2/c1-3-4-11(17)8-15-13(18)16-12-6-5-10(14)7-9(12)2/h5-7,11,17H,3-4,8H2,1-2H3,(H2,15,16,18). The molecule has 1 aromatic carbocycles. The number of hydrogen-bond donors (Lipinski definition) is 3. The summed E-state index contributed by atoms with van der Waals surface area (Å²) in [4.78, 5) is 11.6. The molecule has 5 heteroatoms. The molecule has 0 fully saturated rings. The highest BCUT2D eigenvalue weighted by Crippen LogP contribution is 2.19. The predicted molar refractivity (Wildman–Crippen MR) is 74.1 cm³/mol. The van der Waals surface area contributed by atoms with E-state index in [0.717, 1.165) is 12.0 Å². The van der Waals surface area contributed by atoms with Gasteiger partial charge < -0.3 is 15.7 Å². The van der Waals surface area contributed by atoms with Crippen LogP contribution in [0.1, 0.15) is 25.3 Å². The fourth-order valence-corrected chi connectivity index (χ4v) is 1.81. The predicted octanol–water partition coefficient (Wildman–Crippen LogP) is 2.93. The molecule has 100 valence electrons. The zero-order valence-corrected chi connectivity index (χ0v) is 11.4. The Balaban J connectivity index is 2.44. The first kappa shape index (κ1) is 14.8. The number of rotatable bonds is 5. The van der Waals surface area contributed by atoms with Crippen molar-refractivity contribution in [3.05, 3.63) is 28.8 Å². The van der Waals surface area contributed by atoms with Crippen molar-refractivity contribution in [3.8, 4) is 0 Å². The van der Waals surface area contributed by atoms with Crippen LogP contribution in [0.3, 0.4) is 0 Å². The maximum absolute atomic E-state index is 11.6. The van der Waals surface area contributed by atoms with Gasteiger partial charge in [0.15, 0.2) is 0 Å². The molecule has 0 aliphatic rings. The molecule has 4 nitrogen and oxygen atoms in total. The quantitative estimate of drug-likeness (QED) is 0.770. The molecule has 0 saturated carbocycles. The fourth-order valence-electron chi connectivity index (χ4n) is 1.58. The van der Waals surface area contributed by atoms with Crippen molar-refractivity contribution < 1.29 is 9.90 Å². The van der Waals surface area contributed by atoms with Crippen LogP contribution in [0.5, 0.6) is 0 Å². The molecule has 2 amide bonds. The summed E-state index contributed by atoms with van der Waals surface area (Å²) in [5.74, 6) is 0. The maximum Gasteiger partial charge on any atom is 0.319 e. The normalized spacial score (nSPS) is 12.0. The number of aliphatic hydroxyl groups is 1. The van der Waals surface area contributed by atoms with Crippen molar-refractivity contribution in [2.45, 2.75) is 32.8 Å². The Bertz CT molecular complexity index is 410. The molecule has 1 rings (SSSR count). The summed E-state index contributed by atoms with van der Waals surface area (Å²) in [6, 6.07) is 4.93. The summed E-state index contributed by atoms with van der Waals surface area (Å²) in [6.07, 6.45) is 1.08. The van der Waals surface area contributed by atoms with Crippen LogP contribution in [-0.4, -0.2) is 23.8 Å². The van der Waals surface area contributed by atoms with Crippen LogP contribution in [0.2, 0.25) is 5.02 Å². The SMILES string of the molecule is CCCC(O)CNC(=O)Nc1ccc(Cl)cc1C. The summed E-state index contributed by atoms with van der Waals surface area (Å²) >= 11 is 5.83. The van der Waals surface area contributed by atoms with E-state index in [9.17, 15) is 9.90 Å². The summed E-state index contributed by atoms with van der Waals surface area (Å²) in [7, 11) is 0. The summed E-state index contributed by atoms with van der Waals surface area (Å²) in [5.41, 5.74) is 1.61. The Morgan fingerprint density at radius 1 is 1.50 bits per heavy atom. The molecule has 1 unspecified atom stereocenters. The van der Waals surface area contributed by atoms with Crippen LogP contribution in [0.4, 0.5) is 10.5 Å². The summed E-state index contributed by atoms with van der Waals surface area (Å²) in [5, 5.41) is 15.5. The number of anilines is 1. The highest BCUT2D eigenvalue weighted by atomic mass is 35.5. The summed E-state index contributed by atoms with van der Waals surface area (Å²) in [6.45, 7) is 4.11. The third-order valence-corrected chi connectivity index (χ3v) is 2.79. The average molecular weight is 271 g/mol. The van der Waals surface area contributed by atoms with Gasteiger partial charge in [-0.3, -0.25) is 0 Å². The molecule has 0 saturated heterocycles. The van der Waals surface area contributed by atoms with E-state index in [0.29, 0.717) is 17.1 Å². The molecule has 0 spiro atoms. The molecule has 1 atom stereocenters. The molecule has 1 aromatic rings. The molecule has 0 aliphatic carbocycles. The van der Waals surface area contributed by atoms with Gasteiger partial charge in [-0.1, -0.05) is 24.9 Å². The first-order valence-corrected chi connectivity index (χ1v) is 6.39. The van der Waals surface area contributed by atoms with Crippen LogP contribution in [0, 0.1) is 6.92 Å². The van der Waals surface area contributed by atoms with Gasteiger partial charge in [-0.25, -0.2) is 4.79 Å². The Hall–Kier alpha value is -1.26. The van der Waals surface area contributed by atoms with Crippen LogP contribution in [0.25, 0.3) is 0 Å². The van der Waals surface area contributed by atoms with Gasteiger partial charge in [0.25, 0.3) is 0 Å². The van der Waals surface area contributed by atoms with Crippen LogP contribution < -0.4 is 10.6 Å². The third-order valence-electron chi connectivity index (χ3n) is 2.56. The minimum Gasteiger partial charge on any atom is -0.391 e. The van der Waals surface area contributed by atoms with Gasteiger partial charge in [0, 0.05) is 17.3 Å². The number of nitrogens with one attached hydrogen (secondary N) is 2. The van der Waals surface area contributed by atoms with Crippen molar-refractivity contribution in [2.24, 2.45) is 0 Å². The van der Waals surface area contributed by atoms with E-state index < -0.39 is 6.10 Å². The van der Waals surface area contributed by atoms with Crippen LogP contribution in [-0.2, 0) is 0 Å². The number of halogens is 1. The Morgan fingerprint density at radius 2 is 2.22 bits per heavy atom. The van der Waals surface area contributed by atoms with E-state index in [-0.39, 0.29) is 12.6 Å². The molecule has 0 bridgehead atoms.